The molecule has 0 rings (SSSR count). The van der Waals surface area contributed by atoms with Crippen LogP contribution in [0.3, 0.4) is 0 Å². The minimum atomic E-state index is -2.59. The van der Waals surface area contributed by atoms with Crippen molar-refractivity contribution in [1.82, 2.24) is 0 Å². The summed E-state index contributed by atoms with van der Waals surface area (Å²) in [7, 11) is -2.59. The SMILES string of the molecule is CCCCC=C[Si](OCCC)(OCCC)OCCC. The van der Waals surface area contributed by atoms with Gasteiger partial charge in [0, 0.05) is 19.8 Å². The molecule has 0 aliphatic rings. The van der Waals surface area contributed by atoms with E-state index in [4.69, 9.17) is 13.3 Å². The molecule has 0 aromatic heterocycles. The van der Waals surface area contributed by atoms with Gasteiger partial charge in [-0.25, -0.2) is 0 Å². The maximum Gasteiger partial charge on any atom is 0.529 e. The van der Waals surface area contributed by atoms with Gasteiger partial charge in [0.2, 0.25) is 0 Å². The molecular weight excluding hydrogens is 256 g/mol. The van der Waals surface area contributed by atoms with Crippen molar-refractivity contribution in [3.05, 3.63) is 11.8 Å². The van der Waals surface area contributed by atoms with Crippen LogP contribution in [0.15, 0.2) is 11.8 Å². The van der Waals surface area contributed by atoms with Crippen molar-refractivity contribution >= 4 is 8.80 Å². The monoisotopic (exact) mass is 288 g/mol. The molecule has 0 saturated heterocycles. The summed E-state index contributed by atoms with van der Waals surface area (Å²) in [5.41, 5.74) is 2.09. The molecule has 0 amide bonds. The lowest BCUT2D eigenvalue weighted by atomic mass is 10.2. The highest BCUT2D eigenvalue weighted by Crippen LogP contribution is 2.15. The standard InChI is InChI=1S/C15H32O3Si/c1-5-9-10-11-15-19(16-12-6-2,17-13-7-3)18-14-8-4/h11,15H,5-10,12-14H2,1-4H3. The van der Waals surface area contributed by atoms with Gasteiger partial charge in [-0.15, -0.1) is 0 Å². The molecule has 114 valence electrons. The Labute approximate surface area is 120 Å². The molecule has 0 aromatic rings. The van der Waals surface area contributed by atoms with Crippen LogP contribution in [0.5, 0.6) is 0 Å². The molecule has 0 fully saturated rings. The van der Waals surface area contributed by atoms with Crippen LogP contribution in [0.1, 0.15) is 66.2 Å². The molecule has 19 heavy (non-hydrogen) atoms. The number of hydrogen-bond donors (Lipinski definition) is 0. The topological polar surface area (TPSA) is 27.7 Å². The Kier molecular flexibility index (Phi) is 12.7. The van der Waals surface area contributed by atoms with Crippen LogP contribution < -0.4 is 0 Å². The summed E-state index contributed by atoms with van der Waals surface area (Å²) in [4.78, 5) is 0. The number of rotatable bonds is 13. The lowest BCUT2D eigenvalue weighted by molar-refractivity contribution is 0.0715. The first-order chi connectivity index (χ1) is 9.24. The Morgan fingerprint density at radius 1 is 0.737 bits per heavy atom. The third-order valence-corrected chi connectivity index (χ3v) is 5.03. The zero-order chi connectivity index (χ0) is 14.4. The molecule has 0 N–H and O–H groups in total. The molecule has 3 nitrogen and oxygen atoms in total. The first-order valence-corrected chi connectivity index (χ1v) is 9.64. The van der Waals surface area contributed by atoms with E-state index in [0.717, 1.165) is 25.7 Å². The Morgan fingerprint density at radius 2 is 1.21 bits per heavy atom. The predicted octanol–water partition coefficient (Wildman–Crippen LogP) is 4.49. The van der Waals surface area contributed by atoms with E-state index in [1.165, 1.54) is 12.8 Å². The van der Waals surface area contributed by atoms with E-state index in [9.17, 15) is 0 Å². The number of unbranched alkanes of at least 4 members (excludes halogenated alkanes) is 2. The van der Waals surface area contributed by atoms with E-state index in [-0.39, 0.29) is 0 Å². The van der Waals surface area contributed by atoms with Gasteiger partial charge in [-0.2, -0.15) is 0 Å². The van der Waals surface area contributed by atoms with Crippen LogP contribution in [0.4, 0.5) is 0 Å². The molecule has 0 bridgehead atoms. The largest absolute Gasteiger partial charge is 0.529 e. The molecular formula is C15H32O3Si. The van der Waals surface area contributed by atoms with Crippen LogP contribution >= 0.6 is 0 Å². The number of hydrogen-bond acceptors (Lipinski definition) is 3. The van der Waals surface area contributed by atoms with Crippen molar-refractivity contribution in [1.29, 1.82) is 0 Å². The summed E-state index contributed by atoms with van der Waals surface area (Å²) in [6, 6.07) is 0. The zero-order valence-corrected chi connectivity index (χ0v) is 14.2. The molecule has 0 aromatic carbocycles. The van der Waals surface area contributed by atoms with Crippen molar-refractivity contribution in [2.75, 3.05) is 19.8 Å². The normalized spacial score (nSPS) is 12.4. The van der Waals surface area contributed by atoms with Gasteiger partial charge in [0.05, 0.1) is 0 Å². The van der Waals surface area contributed by atoms with Crippen molar-refractivity contribution in [3.8, 4) is 0 Å². The maximum absolute atomic E-state index is 5.97. The summed E-state index contributed by atoms with van der Waals surface area (Å²) < 4.78 is 17.9. The lowest BCUT2D eigenvalue weighted by Crippen LogP contribution is -2.45. The summed E-state index contributed by atoms with van der Waals surface area (Å²) in [5.74, 6) is 0. The Bertz CT molecular complexity index is 198. The molecule has 0 heterocycles. The predicted molar refractivity (Wildman–Crippen MR) is 83.1 cm³/mol. The molecule has 0 atom stereocenters. The third-order valence-electron chi connectivity index (χ3n) is 2.57. The average molecular weight is 289 g/mol. The minimum absolute atomic E-state index is 0.706. The van der Waals surface area contributed by atoms with Crippen LogP contribution in [0.2, 0.25) is 0 Å². The maximum atomic E-state index is 5.97. The fourth-order valence-electron chi connectivity index (χ4n) is 1.55. The molecule has 0 aliphatic heterocycles. The summed E-state index contributed by atoms with van der Waals surface area (Å²) in [5, 5.41) is 0. The van der Waals surface area contributed by atoms with Crippen molar-refractivity contribution in [2.45, 2.75) is 66.2 Å². The molecule has 0 spiro atoms. The Hall–Kier alpha value is -0.163. The van der Waals surface area contributed by atoms with E-state index < -0.39 is 8.80 Å². The molecule has 0 aliphatic carbocycles. The highest BCUT2D eigenvalue weighted by atomic mass is 28.4. The van der Waals surface area contributed by atoms with Gasteiger partial charge >= 0.3 is 8.80 Å². The van der Waals surface area contributed by atoms with Gasteiger partial charge in [-0.3, -0.25) is 0 Å². The van der Waals surface area contributed by atoms with Gasteiger partial charge in [-0.05, 0) is 31.4 Å². The zero-order valence-electron chi connectivity index (χ0n) is 13.2. The lowest BCUT2D eigenvalue weighted by Gasteiger charge is -2.26. The van der Waals surface area contributed by atoms with Crippen LogP contribution in [0, 0.1) is 0 Å². The first-order valence-electron chi connectivity index (χ1n) is 7.84. The molecule has 0 unspecified atom stereocenters. The average Bonchev–Trinajstić information content (AvgIpc) is 2.44. The highest BCUT2D eigenvalue weighted by Gasteiger charge is 2.37. The summed E-state index contributed by atoms with van der Waals surface area (Å²) in [6.45, 7) is 10.7. The van der Waals surface area contributed by atoms with Gasteiger partial charge in [0.1, 0.15) is 0 Å². The first kappa shape index (κ1) is 18.8. The fraction of sp³-hybridized carbons (Fsp3) is 0.867. The van der Waals surface area contributed by atoms with E-state index in [2.05, 4.69) is 39.5 Å². The third kappa shape index (κ3) is 9.38. The van der Waals surface area contributed by atoms with Crippen molar-refractivity contribution < 1.29 is 13.3 Å². The van der Waals surface area contributed by atoms with Crippen LogP contribution in [-0.4, -0.2) is 28.6 Å². The van der Waals surface area contributed by atoms with Gasteiger partial charge in [-0.1, -0.05) is 46.6 Å². The minimum Gasteiger partial charge on any atom is -0.370 e. The van der Waals surface area contributed by atoms with Crippen LogP contribution in [0.25, 0.3) is 0 Å². The molecule has 0 radical (unpaired) electrons. The van der Waals surface area contributed by atoms with E-state index in [1.807, 2.05) is 0 Å². The van der Waals surface area contributed by atoms with Crippen molar-refractivity contribution in [2.24, 2.45) is 0 Å². The second kappa shape index (κ2) is 12.8. The second-order valence-corrected chi connectivity index (χ2v) is 7.10. The second-order valence-electron chi connectivity index (χ2n) is 4.69. The number of allylic oxidation sites excluding steroid dienone is 1. The van der Waals surface area contributed by atoms with Gasteiger partial charge in [0.25, 0.3) is 0 Å². The van der Waals surface area contributed by atoms with Crippen LogP contribution in [-0.2, 0) is 13.3 Å². The smallest absolute Gasteiger partial charge is 0.370 e. The Balaban J connectivity index is 4.60. The van der Waals surface area contributed by atoms with Gasteiger partial charge < -0.3 is 13.3 Å². The highest BCUT2D eigenvalue weighted by molar-refractivity contribution is 6.66. The summed E-state index contributed by atoms with van der Waals surface area (Å²) >= 11 is 0. The molecule has 4 heteroatoms. The van der Waals surface area contributed by atoms with Gasteiger partial charge in [0.15, 0.2) is 0 Å². The quantitative estimate of drug-likeness (QED) is 0.369. The van der Waals surface area contributed by atoms with E-state index in [1.54, 1.807) is 0 Å². The summed E-state index contributed by atoms with van der Waals surface area (Å²) in [6.07, 6.45) is 8.63. The molecule has 0 saturated carbocycles. The Morgan fingerprint density at radius 3 is 1.58 bits per heavy atom. The van der Waals surface area contributed by atoms with Crippen molar-refractivity contribution in [3.63, 3.8) is 0 Å². The van der Waals surface area contributed by atoms with E-state index >= 15 is 0 Å². The fourth-order valence-corrected chi connectivity index (χ4v) is 4.01. The van der Waals surface area contributed by atoms with E-state index in [0.29, 0.717) is 19.8 Å².